The van der Waals surface area contributed by atoms with Gasteiger partial charge < -0.3 is 10.6 Å². The number of amides is 1. The first-order chi connectivity index (χ1) is 11.9. The van der Waals surface area contributed by atoms with Gasteiger partial charge in [-0.2, -0.15) is 0 Å². The number of benzene rings is 2. The molecule has 0 aromatic heterocycles. The minimum Gasteiger partial charge on any atom is -0.369 e. The van der Waals surface area contributed by atoms with E-state index >= 15 is 0 Å². The van der Waals surface area contributed by atoms with Crippen molar-refractivity contribution < 1.29 is 14.1 Å². The highest BCUT2D eigenvalue weighted by Gasteiger charge is 2.34. The van der Waals surface area contributed by atoms with E-state index in [4.69, 9.17) is 5.73 Å². The lowest BCUT2D eigenvalue weighted by Gasteiger charge is -2.40. The fourth-order valence-corrected chi connectivity index (χ4v) is 3.43. The van der Waals surface area contributed by atoms with Gasteiger partial charge in [0, 0.05) is 17.8 Å². The molecule has 1 aliphatic heterocycles. The van der Waals surface area contributed by atoms with Gasteiger partial charge in [-0.3, -0.25) is 14.9 Å². The second kappa shape index (κ2) is 6.51. The summed E-state index contributed by atoms with van der Waals surface area (Å²) in [6.45, 7) is 1.95. The maximum absolute atomic E-state index is 14.3. The molecule has 0 bridgehead atoms. The molecule has 0 aliphatic carbocycles. The van der Waals surface area contributed by atoms with Crippen LogP contribution < -0.4 is 10.6 Å². The summed E-state index contributed by atoms with van der Waals surface area (Å²) in [5.74, 6) is -1.44. The molecule has 2 N–H and O–H groups in total. The van der Waals surface area contributed by atoms with Crippen LogP contribution >= 0.6 is 0 Å². The number of primary amides is 1. The third kappa shape index (κ3) is 3.05. The van der Waals surface area contributed by atoms with Crippen LogP contribution in [0.15, 0.2) is 42.5 Å². The normalized spacial score (nSPS) is 19.4. The fourth-order valence-electron chi connectivity index (χ4n) is 3.43. The second-order valence-electron chi connectivity index (χ2n) is 6.22. The molecule has 2 aromatic rings. The van der Waals surface area contributed by atoms with Crippen molar-refractivity contribution in [1.82, 2.24) is 0 Å². The van der Waals surface area contributed by atoms with Crippen LogP contribution in [0.1, 0.15) is 30.4 Å². The van der Waals surface area contributed by atoms with Crippen LogP contribution in [0, 0.1) is 15.9 Å². The summed E-state index contributed by atoms with van der Waals surface area (Å²) in [5.41, 5.74) is 6.83. The van der Waals surface area contributed by atoms with Crippen molar-refractivity contribution in [3.8, 4) is 0 Å². The van der Waals surface area contributed by atoms with E-state index in [-0.39, 0.29) is 23.8 Å². The van der Waals surface area contributed by atoms with E-state index in [1.165, 1.54) is 18.2 Å². The number of hydrogen-bond acceptors (Lipinski definition) is 4. The molecule has 0 saturated heterocycles. The van der Waals surface area contributed by atoms with Crippen molar-refractivity contribution in [2.75, 3.05) is 4.90 Å². The molecular weight excluding hydrogens is 325 g/mol. The Labute approximate surface area is 144 Å². The van der Waals surface area contributed by atoms with Crippen LogP contribution in [-0.4, -0.2) is 16.9 Å². The Hall–Kier alpha value is -2.96. The number of para-hydroxylation sites is 1. The third-order valence-corrected chi connectivity index (χ3v) is 4.69. The minimum absolute atomic E-state index is 0.0340. The van der Waals surface area contributed by atoms with Gasteiger partial charge in [0.25, 0.3) is 5.69 Å². The van der Waals surface area contributed by atoms with Crippen molar-refractivity contribution in [2.45, 2.75) is 31.8 Å². The molecule has 0 unspecified atom stereocenters. The van der Waals surface area contributed by atoms with E-state index in [0.29, 0.717) is 6.42 Å². The minimum atomic E-state index is -0.615. The number of nitrogens with two attached hydrogens (primary N) is 1. The Balaban J connectivity index is 2.05. The first-order valence-corrected chi connectivity index (χ1v) is 7.96. The van der Waals surface area contributed by atoms with Crippen molar-refractivity contribution in [1.29, 1.82) is 0 Å². The van der Waals surface area contributed by atoms with E-state index in [2.05, 4.69) is 0 Å². The fraction of sp³-hybridized carbons (Fsp3) is 0.278. The molecule has 130 valence electrons. The highest BCUT2D eigenvalue weighted by Crippen LogP contribution is 2.39. The number of carbonyl (C=O) groups is 1. The summed E-state index contributed by atoms with van der Waals surface area (Å²) < 4.78 is 14.3. The van der Waals surface area contributed by atoms with Crippen molar-refractivity contribution in [2.24, 2.45) is 5.73 Å². The molecule has 0 spiro atoms. The maximum atomic E-state index is 14.3. The number of hydrogen-bond donors (Lipinski definition) is 1. The van der Waals surface area contributed by atoms with Crippen LogP contribution in [0.2, 0.25) is 0 Å². The topological polar surface area (TPSA) is 89.5 Å². The van der Waals surface area contributed by atoms with Gasteiger partial charge in [-0.05, 0) is 31.0 Å². The predicted octanol–water partition coefficient (Wildman–Crippen LogP) is 3.10. The smallest absolute Gasteiger partial charge is 0.277 e. The van der Waals surface area contributed by atoms with Gasteiger partial charge in [0.05, 0.1) is 22.9 Å². The molecule has 1 amide bonds. The van der Waals surface area contributed by atoms with Crippen LogP contribution in [0.25, 0.3) is 0 Å². The van der Waals surface area contributed by atoms with Crippen LogP contribution in [0.5, 0.6) is 0 Å². The zero-order valence-electron chi connectivity index (χ0n) is 13.7. The summed E-state index contributed by atoms with van der Waals surface area (Å²) in [4.78, 5) is 24.3. The third-order valence-electron chi connectivity index (χ3n) is 4.69. The largest absolute Gasteiger partial charge is 0.369 e. The van der Waals surface area contributed by atoms with Crippen LogP contribution in [0.3, 0.4) is 0 Å². The lowest BCUT2D eigenvalue weighted by atomic mass is 9.85. The predicted molar refractivity (Wildman–Crippen MR) is 91.7 cm³/mol. The molecule has 1 aliphatic rings. The zero-order valence-corrected chi connectivity index (χ0v) is 13.7. The Morgan fingerprint density at radius 1 is 1.32 bits per heavy atom. The number of rotatable bonds is 4. The quantitative estimate of drug-likeness (QED) is 0.682. The Bertz CT molecular complexity index is 840. The summed E-state index contributed by atoms with van der Waals surface area (Å²) in [6, 6.07) is 11.0. The Kier molecular flexibility index (Phi) is 4.39. The number of fused-ring (bicyclic) bond motifs is 1. The standard InChI is InChI=1S/C18H18FN3O3/c1-11-9-13(18(20)23)12-5-2-3-7-16(12)21(11)10-14-15(19)6-4-8-17(14)22(24)25/h2-8,11,13H,9-10H2,1H3,(H2,20,23)/t11-,13-/m0/s1. The van der Waals surface area contributed by atoms with Gasteiger partial charge >= 0.3 is 0 Å². The Morgan fingerprint density at radius 2 is 2.04 bits per heavy atom. The maximum Gasteiger partial charge on any atom is 0.277 e. The Morgan fingerprint density at radius 3 is 2.72 bits per heavy atom. The number of carbonyl (C=O) groups excluding carboxylic acids is 1. The zero-order chi connectivity index (χ0) is 18.1. The molecule has 7 heteroatoms. The number of anilines is 1. The van der Waals surface area contributed by atoms with Crippen LogP contribution in [0.4, 0.5) is 15.8 Å². The monoisotopic (exact) mass is 343 g/mol. The van der Waals surface area contributed by atoms with Crippen molar-refractivity contribution in [3.05, 3.63) is 69.5 Å². The van der Waals surface area contributed by atoms with E-state index in [1.807, 2.05) is 36.1 Å². The lowest BCUT2D eigenvalue weighted by molar-refractivity contribution is -0.385. The number of halogens is 1. The van der Waals surface area contributed by atoms with Gasteiger partial charge in [0.2, 0.25) is 5.91 Å². The van der Waals surface area contributed by atoms with E-state index in [0.717, 1.165) is 11.3 Å². The van der Waals surface area contributed by atoms with Gasteiger partial charge in [-0.15, -0.1) is 0 Å². The average Bonchev–Trinajstić information content (AvgIpc) is 2.57. The summed E-state index contributed by atoms with van der Waals surface area (Å²) >= 11 is 0. The lowest BCUT2D eigenvalue weighted by Crippen LogP contribution is -2.41. The highest BCUT2D eigenvalue weighted by molar-refractivity contribution is 5.85. The molecule has 6 nitrogen and oxygen atoms in total. The molecule has 25 heavy (non-hydrogen) atoms. The van der Waals surface area contributed by atoms with Gasteiger partial charge in [-0.25, -0.2) is 4.39 Å². The molecule has 0 saturated carbocycles. The number of nitro benzene ring substituents is 1. The van der Waals surface area contributed by atoms with Crippen molar-refractivity contribution >= 4 is 17.3 Å². The van der Waals surface area contributed by atoms with Gasteiger partial charge in [0.1, 0.15) is 5.82 Å². The summed E-state index contributed by atoms with van der Waals surface area (Å²) in [7, 11) is 0. The molecule has 3 rings (SSSR count). The van der Waals surface area contributed by atoms with E-state index < -0.39 is 22.6 Å². The van der Waals surface area contributed by atoms with E-state index in [9.17, 15) is 19.3 Å². The van der Waals surface area contributed by atoms with Crippen LogP contribution in [-0.2, 0) is 11.3 Å². The SMILES string of the molecule is C[C@H]1C[C@H](C(N)=O)c2ccccc2N1Cc1c(F)cccc1[N+](=O)[O-]. The summed E-state index contributed by atoms with van der Waals surface area (Å²) in [6.07, 6.45) is 0.481. The number of nitro groups is 1. The molecular formula is C18H18FN3O3. The molecule has 0 fully saturated rings. The van der Waals surface area contributed by atoms with Gasteiger partial charge in [0.15, 0.2) is 0 Å². The first-order valence-electron chi connectivity index (χ1n) is 7.96. The van der Waals surface area contributed by atoms with E-state index in [1.54, 1.807) is 0 Å². The molecule has 2 aromatic carbocycles. The number of nitrogens with zero attached hydrogens (tertiary/aromatic N) is 2. The van der Waals surface area contributed by atoms with Crippen molar-refractivity contribution in [3.63, 3.8) is 0 Å². The molecule has 0 radical (unpaired) electrons. The second-order valence-corrected chi connectivity index (χ2v) is 6.22. The molecule has 2 atom stereocenters. The first kappa shape index (κ1) is 16.9. The van der Waals surface area contributed by atoms with Gasteiger partial charge in [-0.1, -0.05) is 24.3 Å². The molecule has 1 heterocycles. The highest BCUT2D eigenvalue weighted by atomic mass is 19.1. The summed E-state index contributed by atoms with van der Waals surface area (Å²) in [5, 5.41) is 11.2. The average molecular weight is 343 g/mol.